The van der Waals surface area contributed by atoms with Gasteiger partial charge in [-0.05, 0) is 19.1 Å². The minimum Gasteiger partial charge on any atom is -0.491 e. The molecule has 0 fully saturated rings. The minimum atomic E-state index is -0.585. The predicted molar refractivity (Wildman–Crippen MR) is 85.4 cm³/mol. The van der Waals surface area contributed by atoms with Crippen molar-refractivity contribution in [3.63, 3.8) is 0 Å². The van der Waals surface area contributed by atoms with Crippen molar-refractivity contribution in [1.29, 1.82) is 0 Å². The molecule has 1 aromatic heterocycles. The number of aromatic nitrogens is 3. The Kier molecular flexibility index (Phi) is 4.49. The van der Waals surface area contributed by atoms with E-state index in [0.717, 1.165) is 18.1 Å². The molecule has 1 aliphatic heterocycles. The van der Waals surface area contributed by atoms with E-state index in [2.05, 4.69) is 10.00 Å². The molecular weight excluding hydrogens is 296 g/mol. The predicted octanol–water partition coefficient (Wildman–Crippen LogP) is 0.146. The van der Waals surface area contributed by atoms with Crippen molar-refractivity contribution in [2.24, 2.45) is 7.05 Å². The molecule has 0 aliphatic carbocycles. The molecule has 0 amide bonds. The largest absolute Gasteiger partial charge is 0.491 e. The molecule has 7 nitrogen and oxygen atoms in total. The third-order valence-corrected chi connectivity index (χ3v) is 4.02. The van der Waals surface area contributed by atoms with E-state index in [0.29, 0.717) is 19.6 Å². The summed E-state index contributed by atoms with van der Waals surface area (Å²) in [4.78, 5) is 13.9. The molecule has 3 rings (SSSR count). The zero-order chi connectivity index (χ0) is 16.4. The fourth-order valence-electron chi connectivity index (χ4n) is 2.75. The summed E-state index contributed by atoms with van der Waals surface area (Å²) >= 11 is 0. The van der Waals surface area contributed by atoms with E-state index in [-0.39, 0.29) is 12.3 Å². The van der Waals surface area contributed by atoms with Crippen LogP contribution in [0.1, 0.15) is 11.4 Å². The van der Waals surface area contributed by atoms with E-state index in [1.165, 1.54) is 10.2 Å². The van der Waals surface area contributed by atoms with Gasteiger partial charge in [-0.3, -0.25) is 9.47 Å². The number of aryl methyl sites for hydroxylation is 2. The highest BCUT2D eigenvalue weighted by atomic mass is 16.5. The van der Waals surface area contributed by atoms with Gasteiger partial charge in [-0.15, -0.1) is 0 Å². The minimum absolute atomic E-state index is 0.0806. The van der Waals surface area contributed by atoms with Gasteiger partial charge in [-0.1, -0.05) is 17.7 Å². The highest BCUT2D eigenvalue weighted by Gasteiger charge is 2.22. The molecule has 2 heterocycles. The molecule has 124 valence electrons. The molecule has 1 atom stereocenters. The molecule has 1 aliphatic rings. The third-order valence-electron chi connectivity index (χ3n) is 4.02. The average Bonchev–Trinajstić information content (AvgIpc) is 2.81. The molecule has 7 heteroatoms. The van der Waals surface area contributed by atoms with Gasteiger partial charge in [-0.25, -0.2) is 9.48 Å². The highest BCUT2D eigenvalue weighted by Crippen LogP contribution is 2.12. The first-order valence-electron chi connectivity index (χ1n) is 7.75. The molecule has 0 radical (unpaired) electrons. The van der Waals surface area contributed by atoms with Crippen molar-refractivity contribution in [3.05, 3.63) is 46.1 Å². The second-order valence-corrected chi connectivity index (χ2v) is 5.99. The number of rotatable bonds is 5. The van der Waals surface area contributed by atoms with E-state index in [1.807, 2.05) is 31.2 Å². The lowest BCUT2D eigenvalue weighted by Gasteiger charge is -2.28. The van der Waals surface area contributed by atoms with Crippen LogP contribution in [0.3, 0.4) is 0 Å². The second-order valence-electron chi connectivity index (χ2n) is 5.99. The summed E-state index contributed by atoms with van der Waals surface area (Å²) in [7, 11) is 1.66. The summed E-state index contributed by atoms with van der Waals surface area (Å²) in [6, 6.07) is 7.75. The standard InChI is InChI=1S/C16H22N4O3/c1-12-3-5-14(6-4-12)23-11-13(21)9-19-7-8-20-15(10-19)17-18(2)16(20)22/h3-6,13,21H,7-11H2,1-2H3. The first-order valence-corrected chi connectivity index (χ1v) is 7.75. The number of hydrogen-bond donors (Lipinski definition) is 1. The van der Waals surface area contributed by atoms with Crippen LogP contribution in [-0.4, -0.2) is 50.2 Å². The van der Waals surface area contributed by atoms with Crippen molar-refractivity contribution in [3.8, 4) is 5.75 Å². The lowest BCUT2D eigenvalue weighted by Crippen LogP contribution is -2.42. The number of nitrogens with zero attached hydrogens (tertiary/aromatic N) is 4. The number of benzene rings is 1. The van der Waals surface area contributed by atoms with E-state index in [4.69, 9.17) is 4.74 Å². The van der Waals surface area contributed by atoms with Gasteiger partial charge in [-0.2, -0.15) is 5.10 Å². The Balaban J connectivity index is 1.51. The van der Waals surface area contributed by atoms with Gasteiger partial charge in [0.1, 0.15) is 24.3 Å². The molecule has 2 aromatic rings. The lowest BCUT2D eigenvalue weighted by molar-refractivity contribution is 0.0581. The summed E-state index contributed by atoms with van der Waals surface area (Å²) in [6.07, 6.45) is -0.585. The Morgan fingerprint density at radius 1 is 1.30 bits per heavy atom. The highest BCUT2D eigenvalue weighted by molar-refractivity contribution is 5.26. The molecule has 1 N–H and O–H groups in total. The second kappa shape index (κ2) is 6.55. The monoisotopic (exact) mass is 318 g/mol. The van der Waals surface area contributed by atoms with Gasteiger partial charge < -0.3 is 9.84 Å². The Hall–Kier alpha value is -2.12. The molecule has 23 heavy (non-hydrogen) atoms. The summed E-state index contributed by atoms with van der Waals surface area (Å²) in [5.74, 6) is 1.50. The van der Waals surface area contributed by atoms with Crippen LogP contribution in [0.5, 0.6) is 5.75 Å². The lowest BCUT2D eigenvalue weighted by atomic mass is 10.2. The van der Waals surface area contributed by atoms with Crippen LogP contribution in [0.15, 0.2) is 29.1 Å². The molecule has 0 saturated heterocycles. The van der Waals surface area contributed by atoms with Crippen molar-refractivity contribution in [2.45, 2.75) is 26.1 Å². The van der Waals surface area contributed by atoms with Crippen molar-refractivity contribution in [2.75, 3.05) is 19.7 Å². The number of ether oxygens (including phenoxy) is 1. The van der Waals surface area contributed by atoms with Gasteiger partial charge in [0, 0.05) is 26.7 Å². The number of aliphatic hydroxyl groups excluding tert-OH is 1. The first-order chi connectivity index (χ1) is 11.0. The Labute approximate surface area is 134 Å². The van der Waals surface area contributed by atoms with Crippen LogP contribution >= 0.6 is 0 Å². The average molecular weight is 318 g/mol. The molecule has 0 spiro atoms. The Morgan fingerprint density at radius 2 is 2.04 bits per heavy atom. The van der Waals surface area contributed by atoms with Gasteiger partial charge in [0.05, 0.1) is 6.54 Å². The fraction of sp³-hybridized carbons (Fsp3) is 0.500. The molecule has 0 saturated carbocycles. The van der Waals surface area contributed by atoms with Crippen LogP contribution in [0.4, 0.5) is 0 Å². The third kappa shape index (κ3) is 3.62. The van der Waals surface area contributed by atoms with Crippen LogP contribution in [-0.2, 0) is 20.1 Å². The molecule has 0 bridgehead atoms. The normalized spacial score (nSPS) is 16.1. The van der Waals surface area contributed by atoms with E-state index in [1.54, 1.807) is 11.6 Å². The molecular formula is C16H22N4O3. The summed E-state index contributed by atoms with van der Waals surface area (Å²) in [5.41, 5.74) is 1.09. The van der Waals surface area contributed by atoms with Crippen molar-refractivity contribution >= 4 is 0 Å². The number of hydrogen-bond acceptors (Lipinski definition) is 5. The van der Waals surface area contributed by atoms with Crippen LogP contribution in [0, 0.1) is 6.92 Å². The smallest absolute Gasteiger partial charge is 0.345 e. The maximum Gasteiger partial charge on any atom is 0.345 e. The Bertz CT molecular complexity index is 720. The SMILES string of the molecule is Cc1ccc(OCC(O)CN2CCn3c(nn(C)c3=O)C2)cc1. The summed E-state index contributed by atoms with van der Waals surface area (Å²) < 4.78 is 8.65. The van der Waals surface area contributed by atoms with Crippen LogP contribution in [0.25, 0.3) is 0 Å². The van der Waals surface area contributed by atoms with Gasteiger partial charge >= 0.3 is 5.69 Å². The van der Waals surface area contributed by atoms with Crippen LogP contribution < -0.4 is 10.4 Å². The van der Waals surface area contributed by atoms with Crippen molar-refractivity contribution in [1.82, 2.24) is 19.2 Å². The number of β-amino-alcohol motifs (C(OH)–C–C–N with tert-alkyl or cyclic N) is 1. The van der Waals surface area contributed by atoms with E-state index in [9.17, 15) is 9.90 Å². The summed E-state index contributed by atoms with van der Waals surface area (Å²) in [6.45, 7) is 4.66. The number of fused-ring (bicyclic) bond motifs is 1. The van der Waals surface area contributed by atoms with Gasteiger partial charge in [0.15, 0.2) is 0 Å². The maximum atomic E-state index is 11.8. The van der Waals surface area contributed by atoms with E-state index >= 15 is 0 Å². The molecule has 1 aromatic carbocycles. The Morgan fingerprint density at radius 3 is 2.78 bits per heavy atom. The topological polar surface area (TPSA) is 72.5 Å². The number of aliphatic hydroxyl groups is 1. The maximum absolute atomic E-state index is 11.8. The zero-order valence-corrected chi connectivity index (χ0v) is 13.5. The fourth-order valence-corrected chi connectivity index (χ4v) is 2.75. The quantitative estimate of drug-likeness (QED) is 0.849. The zero-order valence-electron chi connectivity index (χ0n) is 13.5. The summed E-state index contributed by atoms with van der Waals surface area (Å²) in [5, 5.41) is 14.4. The first kappa shape index (κ1) is 15.8. The van der Waals surface area contributed by atoms with Crippen LogP contribution in [0.2, 0.25) is 0 Å². The van der Waals surface area contributed by atoms with Gasteiger partial charge in [0.25, 0.3) is 0 Å². The van der Waals surface area contributed by atoms with Crippen molar-refractivity contribution < 1.29 is 9.84 Å². The van der Waals surface area contributed by atoms with Gasteiger partial charge in [0.2, 0.25) is 0 Å². The molecule has 1 unspecified atom stereocenters. The van der Waals surface area contributed by atoms with E-state index < -0.39 is 6.10 Å².